The van der Waals surface area contributed by atoms with E-state index in [0.717, 1.165) is 23.3 Å². The van der Waals surface area contributed by atoms with Crippen LogP contribution in [0.2, 0.25) is 0 Å². The molecule has 0 aliphatic carbocycles. The second-order valence-electron chi connectivity index (χ2n) is 6.53. The standard InChI is InChI=1S/C22H29NO4/c1-6-15(2)18-9-7-8-10-21(18)27-14-22(24)23-16(3)19-13-17(25-4)11-12-20(19)26-5/h7-13,15-16H,6,14H2,1-5H3,(H,23,24). The summed E-state index contributed by atoms with van der Waals surface area (Å²) in [6.45, 7) is 6.16. The molecule has 0 radical (unpaired) electrons. The van der Waals surface area contributed by atoms with Crippen molar-refractivity contribution in [1.82, 2.24) is 5.32 Å². The van der Waals surface area contributed by atoms with Gasteiger partial charge >= 0.3 is 0 Å². The van der Waals surface area contributed by atoms with Gasteiger partial charge in [0.05, 0.1) is 20.3 Å². The quantitative estimate of drug-likeness (QED) is 0.706. The van der Waals surface area contributed by atoms with E-state index >= 15 is 0 Å². The normalized spacial score (nSPS) is 12.8. The van der Waals surface area contributed by atoms with Crippen LogP contribution in [0.3, 0.4) is 0 Å². The molecule has 0 aliphatic rings. The Balaban J connectivity index is 2.02. The van der Waals surface area contributed by atoms with Crippen molar-refractivity contribution in [3.8, 4) is 17.2 Å². The molecular weight excluding hydrogens is 342 g/mol. The van der Waals surface area contributed by atoms with Gasteiger partial charge in [0.2, 0.25) is 0 Å². The number of carbonyl (C=O) groups excluding carboxylic acids is 1. The van der Waals surface area contributed by atoms with Gasteiger partial charge in [0, 0.05) is 5.56 Å². The number of carbonyl (C=O) groups is 1. The average molecular weight is 371 g/mol. The van der Waals surface area contributed by atoms with Crippen LogP contribution in [0.1, 0.15) is 50.3 Å². The molecule has 0 fully saturated rings. The van der Waals surface area contributed by atoms with Gasteiger partial charge in [-0.2, -0.15) is 0 Å². The molecule has 0 bridgehead atoms. The van der Waals surface area contributed by atoms with Crippen molar-refractivity contribution < 1.29 is 19.0 Å². The monoisotopic (exact) mass is 371 g/mol. The first-order valence-electron chi connectivity index (χ1n) is 9.23. The summed E-state index contributed by atoms with van der Waals surface area (Å²) in [5.74, 6) is 2.36. The molecule has 2 rings (SSSR count). The van der Waals surface area contributed by atoms with Crippen molar-refractivity contribution in [3.63, 3.8) is 0 Å². The van der Waals surface area contributed by atoms with Crippen molar-refractivity contribution >= 4 is 5.91 Å². The summed E-state index contributed by atoms with van der Waals surface area (Å²) < 4.78 is 16.5. The molecule has 0 saturated carbocycles. The molecule has 0 saturated heterocycles. The van der Waals surface area contributed by atoms with Gasteiger partial charge < -0.3 is 19.5 Å². The van der Waals surface area contributed by atoms with Crippen LogP contribution in [0.15, 0.2) is 42.5 Å². The Hall–Kier alpha value is -2.69. The van der Waals surface area contributed by atoms with Gasteiger partial charge in [0.15, 0.2) is 6.61 Å². The van der Waals surface area contributed by atoms with Gasteiger partial charge in [-0.05, 0) is 49.1 Å². The van der Waals surface area contributed by atoms with Crippen molar-refractivity contribution in [3.05, 3.63) is 53.6 Å². The average Bonchev–Trinajstić information content (AvgIpc) is 2.71. The molecule has 0 aliphatic heterocycles. The van der Waals surface area contributed by atoms with E-state index < -0.39 is 0 Å². The SMILES string of the molecule is CCC(C)c1ccccc1OCC(=O)NC(C)c1cc(OC)ccc1OC. The summed E-state index contributed by atoms with van der Waals surface area (Å²) in [7, 11) is 3.21. The minimum atomic E-state index is -0.240. The van der Waals surface area contributed by atoms with E-state index in [1.54, 1.807) is 14.2 Å². The lowest BCUT2D eigenvalue weighted by Gasteiger charge is -2.19. The summed E-state index contributed by atoms with van der Waals surface area (Å²) in [4.78, 5) is 12.4. The molecule has 1 amide bonds. The smallest absolute Gasteiger partial charge is 0.258 e. The summed E-state index contributed by atoms with van der Waals surface area (Å²) in [6.07, 6.45) is 1.01. The van der Waals surface area contributed by atoms with Gasteiger partial charge in [0.1, 0.15) is 17.2 Å². The minimum absolute atomic E-state index is 0.0376. The molecule has 2 aromatic carbocycles. The Bertz CT molecular complexity index is 760. The van der Waals surface area contributed by atoms with E-state index in [4.69, 9.17) is 14.2 Å². The second-order valence-corrected chi connectivity index (χ2v) is 6.53. The maximum Gasteiger partial charge on any atom is 0.258 e. The van der Waals surface area contributed by atoms with Gasteiger partial charge in [-0.1, -0.05) is 32.0 Å². The van der Waals surface area contributed by atoms with Crippen LogP contribution in [0, 0.1) is 0 Å². The number of ether oxygens (including phenoxy) is 3. The second kappa shape index (κ2) is 9.86. The van der Waals surface area contributed by atoms with E-state index in [9.17, 15) is 4.79 Å². The van der Waals surface area contributed by atoms with E-state index in [1.807, 2.05) is 49.4 Å². The maximum absolute atomic E-state index is 12.4. The Morgan fingerprint density at radius 2 is 1.74 bits per heavy atom. The number of rotatable bonds is 9. The zero-order chi connectivity index (χ0) is 19.8. The Morgan fingerprint density at radius 3 is 2.41 bits per heavy atom. The molecular formula is C22H29NO4. The van der Waals surface area contributed by atoms with Gasteiger partial charge in [0.25, 0.3) is 5.91 Å². The predicted octanol–water partition coefficient (Wildman–Crippen LogP) is 4.47. The number of hydrogen-bond acceptors (Lipinski definition) is 4. The van der Waals surface area contributed by atoms with Crippen LogP contribution >= 0.6 is 0 Å². The predicted molar refractivity (Wildman–Crippen MR) is 107 cm³/mol. The van der Waals surface area contributed by atoms with Crippen LogP contribution in [-0.4, -0.2) is 26.7 Å². The Kier molecular flexibility index (Phi) is 7.53. The molecule has 0 spiro atoms. The fraction of sp³-hybridized carbons (Fsp3) is 0.409. The molecule has 2 aromatic rings. The molecule has 5 heteroatoms. The first-order valence-corrected chi connectivity index (χ1v) is 9.23. The van der Waals surface area contributed by atoms with Gasteiger partial charge in [-0.3, -0.25) is 4.79 Å². The summed E-state index contributed by atoms with van der Waals surface area (Å²) >= 11 is 0. The van der Waals surface area contributed by atoms with Crippen molar-refractivity contribution in [2.24, 2.45) is 0 Å². The summed E-state index contributed by atoms with van der Waals surface area (Å²) in [6, 6.07) is 13.1. The van der Waals surface area contributed by atoms with Crippen molar-refractivity contribution in [1.29, 1.82) is 0 Å². The highest BCUT2D eigenvalue weighted by Crippen LogP contribution is 2.30. The van der Waals surface area contributed by atoms with Crippen LogP contribution < -0.4 is 19.5 Å². The zero-order valence-corrected chi connectivity index (χ0v) is 16.7. The topological polar surface area (TPSA) is 56.8 Å². The lowest BCUT2D eigenvalue weighted by atomic mass is 9.98. The third-order valence-corrected chi connectivity index (χ3v) is 4.70. The van der Waals surface area contributed by atoms with Gasteiger partial charge in [-0.15, -0.1) is 0 Å². The van der Waals surface area contributed by atoms with E-state index in [0.29, 0.717) is 17.4 Å². The fourth-order valence-electron chi connectivity index (χ4n) is 2.92. The number of nitrogens with one attached hydrogen (secondary N) is 1. The van der Waals surface area contributed by atoms with Crippen LogP contribution in [0.25, 0.3) is 0 Å². The first kappa shape index (κ1) is 20.6. The van der Waals surface area contributed by atoms with E-state index in [-0.39, 0.29) is 18.6 Å². The third kappa shape index (κ3) is 5.39. The lowest BCUT2D eigenvalue weighted by Crippen LogP contribution is -2.31. The molecule has 0 heterocycles. The van der Waals surface area contributed by atoms with Crippen LogP contribution in [0.5, 0.6) is 17.2 Å². The third-order valence-electron chi connectivity index (χ3n) is 4.70. The fourth-order valence-corrected chi connectivity index (χ4v) is 2.92. The lowest BCUT2D eigenvalue weighted by molar-refractivity contribution is -0.123. The van der Waals surface area contributed by atoms with Gasteiger partial charge in [-0.25, -0.2) is 0 Å². The van der Waals surface area contributed by atoms with Crippen LogP contribution in [-0.2, 0) is 4.79 Å². The number of hydrogen-bond donors (Lipinski definition) is 1. The highest BCUT2D eigenvalue weighted by Gasteiger charge is 2.16. The van der Waals surface area contributed by atoms with E-state index in [1.165, 1.54) is 0 Å². The minimum Gasteiger partial charge on any atom is -0.497 e. The highest BCUT2D eigenvalue weighted by atomic mass is 16.5. The molecule has 146 valence electrons. The molecule has 1 N–H and O–H groups in total. The number of amides is 1. The highest BCUT2D eigenvalue weighted by molar-refractivity contribution is 5.78. The Morgan fingerprint density at radius 1 is 1.00 bits per heavy atom. The van der Waals surface area contributed by atoms with Crippen molar-refractivity contribution in [2.45, 2.75) is 39.2 Å². The number of para-hydroxylation sites is 1. The number of methoxy groups -OCH3 is 2. The molecule has 5 nitrogen and oxygen atoms in total. The number of benzene rings is 2. The Labute approximate surface area is 161 Å². The van der Waals surface area contributed by atoms with Crippen LogP contribution in [0.4, 0.5) is 0 Å². The summed E-state index contributed by atoms with van der Waals surface area (Å²) in [5, 5.41) is 2.96. The first-order chi connectivity index (χ1) is 13.0. The zero-order valence-electron chi connectivity index (χ0n) is 16.7. The summed E-state index contributed by atoms with van der Waals surface area (Å²) in [5.41, 5.74) is 1.97. The molecule has 27 heavy (non-hydrogen) atoms. The molecule has 2 unspecified atom stereocenters. The largest absolute Gasteiger partial charge is 0.497 e. The molecule has 0 aromatic heterocycles. The molecule has 2 atom stereocenters. The van der Waals surface area contributed by atoms with E-state index in [2.05, 4.69) is 19.2 Å². The van der Waals surface area contributed by atoms with Crippen molar-refractivity contribution in [2.75, 3.05) is 20.8 Å². The maximum atomic E-state index is 12.4.